The maximum atomic E-state index is 10.4. The average molecular weight is 313 g/mol. The molecule has 112 valence electrons. The molecule has 3 aromatic rings. The van der Waals surface area contributed by atoms with Gasteiger partial charge in [-0.05, 0) is 35.7 Å². The molecular formula is C18H17ClN2O. The van der Waals surface area contributed by atoms with Gasteiger partial charge in [-0.3, -0.25) is 9.78 Å². The van der Waals surface area contributed by atoms with Crippen LogP contribution in [0.2, 0.25) is 0 Å². The minimum Gasteiger partial charge on any atom is -0.397 e. The minimum atomic E-state index is -0.270. The summed E-state index contributed by atoms with van der Waals surface area (Å²) in [7, 11) is 0. The number of fused-ring (bicyclic) bond motifs is 1. The fourth-order valence-electron chi connectivity index (χ4n) is 1.98. The van der Waals surface area contributed by atoms with Crippen LogP contribution in [0.3, 0.4) is 0 Å². The number of nitrogen functional groups attached to an aromatic ring is 1. The number of hydrogen-bond donors (Lipinski definition) is 1. The number of aryl methyl sites for hydroxylation is 1. The van der Waals surface area contributed by atoms with E-state index in [2.05, 4.69) is 4.98 Å². The summed E-state index contributed by atoms with van der Waals surface area (Å²) in [6, 6.07) is 19.7. The number of pyridine rings is 1. The van der Waals surface area contributed by atoms with E-state index in [9.17, 15) is 4.79 Å². The lowest BCUT2D eigenvalue weighted by atomic mass is 10.1. The zero-order valence-corrected chi connectivity index (χ0v) is 12.8. The van der Waals surface area contributed by atoms with E-state index in [1.807, 2.05) is 60.7 Å². The molecule has 0 radical (unpaired) electrons. The zero-order valence-electron chi connectivity index (χ0n) is 12.1. The third-order valence-corrected chi connectivity index (χ3v) is 3.25. The Morgan fingerprint density at radius 2 is 1.73 bits per heavy atom. The lowest BCUT2D eigenvalue weighted by Gasteiger charge is -1.95. The van der Waals surface area contributed by atoms with Crippen molar-refractivity contribution in [3.63, 3.8) is 0 Å². The molecule has 0 fully saturated rings. The number of carbonyl (C=O) groups excluding carboxylic acids is 1. The first-order valence-corrected chi connectivity index (χ1v) is 7.35. The number of carbonyl (C=O) groups is 1. The van der Waals surface area contributed by atoms with Crippen molar-refractivity contribution >= 4 is 33.4 Å². The molecule has 0 spiro atoms. The second-order valence-electron chi connectivity index (χ2n) is 4.80. The monoisotopic (exact) mass is 312 g/mol. The summed E-state index contributed by atoms with van der Waals surface area (Å²) >= 11 is 5.19. The molecule has 0 aliphatic rings. The Morgan fingerprint density at radius 3 is 2.45 bits per heavy atom. The number of aromatic nitrogens is 1. The van der Waals surface area contributed by atoms with Gasteiger partial charge in [-0.1, -0.05) is 48.5 Å². The van der Waals surface area contributed by atoms with Crippen LogP contribution >= 0.6 is 11.6 Å². The molecule has 22 heavy (non-hydrogen) atoms. The van der Waals surface area contributed by atoms with Gasteiger partial charge in [0.25, 0.3) is 0 Å². The highest BCUT2D eigenvalue weighted by Crippen LogP contribution is 2.12. The van der Waals surface area contributed by atoms with Crippen LogP contribution in [-0.2, 0) is 11.2 Å². The highest BCUT2D eigenvalue weighted by molar-refractivity contribution is 6.63. The zero-order chi connectivity index (χ0) is 15.8. The van der Waals surface area contributed by atoms with Crippen molar-refractivity contribution in [2.24, 2.45) is 0 Å². The van der Waals surface area contributed by atoms with E-state index in [1.165, 1.54) is 0 Å². The number of para-hydroxylation sites is 1. The molecule has 1 aromatic heterocycles. The van der Waals surface area contributed by atoms with Gasteiger partial charge in [-0.2, -0.15) is 0 Å². The Morgan fingerprint density at radius 1 is 1.05 bits per heavy atom. The normalized spacial score (nSPS) is 9.86. The third kappa shape index (κ3) is 5.19. The molecule has 0 unspecified atom stereocenters. The molecule has 0 bridgehead atoms. The third-order valence-electron chi connectivity index (χ3n) is 3.06. The van der Waals surface area contributed by atoms with E-state index < -0.39 is 0 Å². The predicted molar refractivity (Wildman–Crippen MR) is 91.8 cm³/mol. The molecule has 3 nitrogen and oxygen atoms in total. The first-order chi connectivity index (χ1) is 10.6. The van der Waals surface area contributed by atoms with Gasteiger partial charge >= 0.3 is 0 Å². The average Bonchev–Trinajstić information content (AvgIpc) is 2.54. The van der Waals surface area contributed by atoms with Crippen molar-refractivity contribution in [2.45, 2.75) is 12.8 Å². The molecule has 1 heterocycles. The lowest BCUT2D eigenvalue weighted by molar-refractivity contribution is -0.111. The molecule has 0 saturated heterocycles. The fraction of sp³-hybridized carbons (Fsp3) is 0.111. The Kier molecular flexibility index (Phi) is 5.92. The number of nitrogens with two attached hydrogens (primary N) is 1. The van der Waals surface area contributed by atoms with Crippen molar-refractivity contribution in [3.05, 3.63) is 72.4 Å². The fourth-order valence-corrected chi connectivity index (χ4v) is 2.07. The number of nitrogens with zero attached hydrogens (tertiary/aromatic N) is 1. The van der Waals surface area contributed by atoms with Crippen LogP contribution in [0, 0.1) is 0 Å². The highest BCUT2D eigenvalue weighted by Gasteiger charge is 1.96. The number of halogens is 1. The molecule has 0 atom stereocenters. The van der Waals surface area contributed by atoms with Gasteiger partial charge in [0.1, 0.15) is 0 Å². The minimum absolute atomic E-state index is 0.270. The van der Waals surface area contributed by atoms with Crippen molar-refractivity contribution in [1.82, 2.24) is 4.98 Å². The van der Waals surface area contributed by atoms with Crippen LogP contribution in [0.15, 0.2) is 66.9 Å². The Balaban J connectivity index is 0.000000160. The topological polar surface area (TPSA) is 56.0 Å². The summed E-state index contributed by atoms with van der Waals surface area (Å²) in [5.74, 6) is 0. The number of anilines is 1. The van der Waals surface area contributed by atoms with Crippen LogP contribution in [0.1, 0.15) is 12.0 Å². The van der Waals surface area contributed by atoms with Crippen LogP contribution in [0.25, 0.3) is 10.9 Å². The van der Waals surface area contributed by atoms with Gasteiger partial charge < -0.3 is 5.73 Å². The Labute approximate surface area is 134 Å². The molecule has 2 aromatic carbocycles. The smallest absolute Gasteiger partial charge is 0.221 e. The van der Waals surface area contributed by atoms with Crippen LogP contribution < -0.4 is 5.73 Å². The van der Waals surface area contributed by atoms with Crippen LogP contribution in [0.5, 0.6) is 0 Å². The van der Waals surface area contributed by atoms with Crippen LogP contribution in [-0.4, -0.2) is 10.2 Å². The van der Waals surface area contributed by atoms with Gasteiger partial charge in [-0.25, -0.2) is 0 Å². The van der Waals surface area contributed by atoms with Gasteiger partial charge in [0, 0.05) is 11.8 Å². The maximum absolute atomic E-state index is 10.4. The summed E-state index contributed by atoms with van der Waals surface area (Å²) in [6.45, 7) is 0. The predicted octanol–water partition coefficient (Wildman–Crippen LogP) is 4.20. The summed E-state index contributed by atoms with van der Waals surface area (Å²) in [5.41, 5.74) is 8.41. The second-order valence-corrected chi connectivity index (χ2v) is 5.22. The second kappa shape index (κ2) is 8.15. The molecule has 0 aliphatic carbocycles. The van der Waals surface area contributed by atoms with Crippen LogP contribution in [0.4, 0.5) is 5.69 Å². The highest BCUT2D eigenvalue weighted by atomic mass is 35.5. The molecule has 3 rings (SSSR count). The summed E-state index contributed by atoms with van der Waals surface area (Å²) < 4.78 is 0. The quantitative estimate of drug-likeness (QED) is 0.737. The van der Waals surface area contributed by atoms with E-state index in [4.69, 9.17) is 17.3 Å². The SMILES string of the molecule is Nc1cnc2ccccc2c1.O=C(Cl)CCc1ccccc1. The Bertz CT molecular complexity index is 744. The van der Waals surface area contributed by atoms with Crippen molar-refractivity contribution in [1.29, 1.82) is 0 Å². The van der Waals surface area contributed by atoms with E-state index in [0.29, 0.717) is 12.1 Å². The summed E-state index contributed by atoms with van der Waals surface area (Å²) in [4.78, 5) is 14.5. The molecule has 0 aliphatic heterocycles. The molecule has 2 N–H and O–H groups in total. The van der Waals surface area contributed by atoms with E-state index in [1.54, 1.807) is 6.20 Å². The molecule has 0 saturated carbocycles. The van der Waals surface area contributed by atoms with E-state index in [-0.39, 0.29) is 5.24 Å². The maximum Gasteiger partial charge on any atom is 0.221 e. The molecular weight excluding hydrogens is 296 g/mol. The molecule has 4 heteroatoms. The Hall–Kier alpha value is -2.39. The van der Waals surface area contributed by atoms with E-state index in [0.717, 1.165) is 22.9 Å². The summed E-state index contributed by atoms with van der Waals surface area (Å²) in [5, 5.41) is 0.821. The summed E-state index contributed by atoms with van der Waals surface area (Å²) in [6.07, 6.45) is 2.83. The van der Waals surface area contributed by atoms with Crippen molar-refractivity contribution in [3.8, 4) is 0 Å². The van der Waals surface area contributed by atoms with Crippen molar-refractivity contribution < 1.29 is 4.79 Å². The molecule has 0 amide bonds. The first-order valence-electron chi connectivity index (χ1n) is 6.97. The standard InChI is InChI=1S/C9H9ClO.C9H8N2/c10-9(11)7-6-8-4-2-1-3-5-8;10-8-5-7-3-1-2-4-9(7)11-6-8/h1-5H,6-7H2;1-6H,10H2. The van der Waals surface area contributed by atoms with E-state index >= 15 is 0 Å². The van der Waals surface area contributed by atoms with Gasteiger partial charge in [-0.15, -0.1) is 0 Å². The number of rotatable bonds is 3. The largest absolute Gasteiger partial charge is 0.397 e. The van der Waals surface area contributed by atoms with Gasteiger partial charge in [0.15, 0.2) is 0 Å². The number of benzene rings is 2. The van der Waals surface area contributed by atoms with Gasteiger partial charge in [0.2, 0.25) is 5.24 Å². The first kappa shape index (κ1) is 16.0. The lowest BCUT2D eigenvalue weighted by Crippen LogP contribution is -1.90. The van der Waals surface area contributed by atoms with Crippen molar-refractivity contribution in [2.75, 3.05) is 5.73 Å². The number of hydrogen-bond acceptors (Lipinski definition) is 3. The van der Waals surface area contributed by atoms with Gasteiger partial charge in [0.05, 0.1) is 17.4 Å².